The van der Waals surface area contributed by atoms with Crippen LogP contribution in [0.1, 0.15) is 11.3 Å². The number of benzene rings is 2. The normalized spacial score (nSPS) is 17.9. The molecule has 184 valence electrons. The van der Waals surface area contributed by atoms with Crippen LogP contribution in [0, 0.1) is 12.8 Å². The smallest absolute Gasteiger partial charge is 0.407 e. The average molecular weight is 501 g/mol. The first-order valence-corrected chi connectivity index (χ1v) is 12.2. The van der Waals surface area contributed by atoms with Gasteiger partial charge < -0.3 is 14.7 Å². The Morgan fingerprint density at radius 3 is 2.54 bits per heavy atom. The Bertz CT molecular complexity index is 1360. The number of ether oxygens (including phenoxy) is 1. The van der Waals surface area contributed by atoms with Gasteiger partial charge >= 0.3 is 6.09 Å². The number of pyridine rings is 1. The maximum Gasteiger partial charge on any atom is 0.407 e. The first-order chi connectivity index (χ1) is 16.7. The lowest BCUT2D eigenvalue weighted by molar-refractivity contribution is -0.133. The zero-order valence-electron chi connectivity index (χ0n) is 18.7. The number of sulfonamides is 1. The molecule has 0 aliphatic carbocycles. The molecular weight excluding hydrogens is 476 g/mol. The lowest BCUT2D eigenvalue weighted by Crippen LogP contribution is -2.45. The van der Waals surface area contributed by atoms with Crippen LogP contribution in [0.2, 0.25) is 0 Å². The quantitative estimate of drug-likeness (QED) is 0.283. The van der Waals surface area contributed by atoms with Crippen molar-refractivity contribution < 1.29 is 33.1 Å². The molecule has 1 aromatic heterocycles. The summed E-state index contributed by atoms with van der Waals surface area (Å²) in [5, 5.41) is 19.1. The largest absolute Gasteiger partial charge is 0.489 e. The van der Waals surface area contributed by atoms with E-state index in [4.69, 9.17) is 9.94 Å². The van der Waals surface area contributed by atoms with Crippen LogP contribution in [0.25, 0.3) is 10.9 Å². The summed E-state index contributed by atoms with van der Waals surface area (Å²) in [6, 6.07) is 14.4. The molecule has 12 heteroatoms. The topological polar surface area (TPSA) is 158 Å². The van der Waals surface area contributed by atoms with Gasteiger partial charge in [0.15, 0.2) is 0 Å². The second-order valence-corrected chi connectivity index (χ2v) is 9.91. The average Bonchev–Trinajstić information content (AvgIpc) is 3.25. The highest BCUT2D eigenvalue weighted by Crippen LogP contribution is 2.23. The van der Waals surface area contributed by atoms with E-state index in [1.54, 1.807) is 0 Å². The van der Waals surface area contributed by atoms with Crippen LogP contribution in [0.4, 0.5) is 4.79 Å². The maximum absolute atomic E-state index is 12.9. The zero-order valence-corrected chi connectivity index (χ0v) is 19.5. The first kappa shape index (κ1) is 24.4. The van der Waals surface area contributed by atoms with Gasteiger partial charge in [-0.25, -0.2) is 23.4 Å². The predicted molar refractivity (Wildman–Crippen MR) is 124 cm³/mol. The molecule has 1 saturated heterocycles. The maximum atomic E-state index is 12.9. The highest BCUT2D eigenvalue weighted by Gasteiger charge is 2.41. The molecule has 1 fully saturated rings. The highest BCUT2D eigenvalue weighted by molar-refractivity contribution is 7.89. The van der Waals surface area contributed by atoms with Gasteiger partial charge in [-0.05, 0) is 43.3 Å². The second kappa shape index (κ2) is 9.86. The monoisotopic (exact) mass is 500 g/mol. The Kier molecular flexibility index (Phi) is 6.87. The van der Waals surface area contributed by atoms with Crippen molar-refractivity contribution >= 4 is 32.9 Å². The number of fused-ring (bicyclic) bond motifs is 1. The zero-order chi connectivity index (χ0) is 25.2. The lowest BCUT2D eigenvalue weighted by atomic mass is 10.0. The number of hydrogen-bond acceptors (Lipinski definition) is 7. The van der Waals surface area contributed by atoms with Gasteiger partial charge in [0.25, 0.3) is 0 Å². The Hall–Kier alpha value is -3.74. The van der Waals surface area contributed by atoms with Gasteiger partial charge in [0, 0.05) is 29.7 Å². The summed E-state index contributed by atoms with van der Waals surface area (Å²) in [7, 11) is -4.08. The third-order valence-electron chi connectivity index (χ3n) is 5.80. The van der Waals surface area contributed by atoms with E-state index in [0.717, 1.165) is 27.1 Å². The fourth-order valence-electron chi connectivity index (χ4n) is 4.09. The number of aryl methyl sites for hydroxylation is 1. The van der Waals surface area contributed by atoms with Crippen molar-refractivity contribution in [1.29, 1.82) is 0 Å². The SMILES string of the molecule is Cc1cc(COc2ccc(S(=O)(=O)NC3CN(C(=O)O)CC3C(=O)NO)cc2)c2ccccc2n1. The Morgan fingerprint density at radius 1 is 1.14 bits per heavy atom. The van der Waals surface area contributed by atoms with Crippen LogP contribution in [0.3, 0.4) is 0 Å². The molecule has 0 saturated carbocycles. The molecule has 0 spiro atoms. The summed E-state index contributed by atoms with van der Waals surface area (Å²) >= 11 is 0. The Morgan fingerprint density at radius 2 is 1.86 bits per heavy atom. The van der Waals surface area contributed by atoms with Crippen LogP contribution >= 0.6 is 0 Å². The molecule has 2 aromatic carbocycles. The van der Waals surface area contributed by atoms with Crippen molar-refractivity contribution in [1.82, 2.24) is 20.1 Å². The van der Waals surface area contributed by atoms with Crippen molar-refractivity contribution in [2.45, 2.75) is 24.5 Å². The number of rotatable bonds is 7. The van der Waals surface area contributed by atoms with Gasteiger partial charge in [-0.15, -0.1) is 0 Å². The molecule has 2 amide bonds. The van der Waals surface area contributed by atoms with Crippen LogP contribution in [0.5, 0.6) is 5.75 Å². The van der Waals surface area contributed by atoms with Gasteiger partial charge in [0.2, 0.25) is 15.9 Å². The number of aromatic nitrogens is 1. The van der Waals surface area contributed by atoms with Gasteiger partial charge in [-0.2, -0.15) is 0 Å². The lowest BCUT2D eigenvalue weighted by Gasteiger charge is -2.18. The Balaban J connectivity index is 1.46. The van der Waals surface area contributed by atoms with E-state index in [9.17, 15) is 23.1 Å². The summed E-state index contributed by atoms with van der Waals surface area (Å²) < 4.78 is 34.0. The molecule has 1 aliphatic heterocycles. The molecule has 11 nitrogen and oxygen atoms in total. The molecule has 4 rings (SSSR count). The van der Waals surface area contributed by atoms with Gasteiger partial charge in [-0.3, -0.25) is 15.0 Å². The molecule has 35 heavy (non-hydrogen) atoms. The molecule has 2 unspecified atom stereocenters. The van der Waals surface area contributed by atoms with E-state index >= 15 is 0 Å². The van der Waals surface area contributed by atoms with Gasteiger partial charge in [-0.1, -0.05) is 18.2 Å². The summed E-state index contributed by atoms with van der Waals surface area (Å²) in [5.41, 5.74) is 4.12. The minimum Gasteiger partial charge on any atom is -0.489 e. The molecule has 0 radical (unpaired) electrons. The number of para-hydroxylation sites is 1. The van der Waals surface area contributed by atoms with Crippen LogP contribution in [0.15, 0.2) is 59.5 Å². The summed E-state index contributed by atoms with van der Waals surface area (Å²) in [5.74, 6) is -1.49. The van der Waals surface area contributed by atoms with Gasteiger partial charge in [0.1, 0.15) is 12.4 Å². The number of carboxylic acid groups (broad SMARTS) is 1. The van der Waals surface area contributed by atoms with Gasteiger partial charge in [0.05, 0.1) is 22.4 Å². The summed E-state index contributed by atoms with van der Waals surface area (Å²) in [6.07, 6.45) is -1.29. The molecule has 0 bridgehead atoms. The molecule has 4 N–H and O–H groups in total. The van der Waals surface area contributed by atoms with Crippen LogP contribution in [-0.4, -0.2) is 59.7 Å². The molecule has 2 atom stereocenters. The number of nitrogens with zero attached hydrogens (tertiary/aromatic N) is 2. The Labute approximate surface area is 201 Å². The van der Waals surface area contributed by atoms with Crippen molar-refractivity contribution in [3.05, 3.63) is 65.9 Å². The van der Waals surface area contributed by atoms with E-state index in [-0.39, 0.29) is 24.6 Å². The highest BCUT2D eigenvalue weighted by atomic mass is 32.2. The van der Waals surface area contributed by atoms with E-state index < -0.39 is 34.0 Å². The molecule has 2 heterocycles. The fraction of sp³-hybridized carbons (Fsp3) is 0.261. The van der Waals surface area contributed by atoms with E-state index in [1.165, 1.54) is 29.7 Å². The summed E-state index contributed by atoms with van der Waals surface area (Å²) in [6.45, 7) is 1.69. The molecular formula is C23H24N4O7S. The number of amides is 2. The predicted octanol–water partition coefficient (Wildman–Crippen LogP) is 1.88. The summed E-state index contributed by atoms with van der Waals surface area (Å²) in [4.78, 5) is 28.5. The minimum absolute atomic E-state index is 0.0769. The van der Waals surface area contributed by atoms with E-state index in [0.29, 0.717) is 5.75 Å². The molecule has 1 aliphatic rings. The number of nitrogens with one attached hydrogen (secondary N) is 2. The van der Waals surface area contributed by atoms with Crippen molar-refractivity contribution in [3.63, 3.8) is 0 Å². The van der Waals surface area contributed by atoms with Crippen LogP contribution in [-0.2, 0) is 21.4 Å². The third-order valence-corrected chi connectivity index (χ3v) is 7.31. The number of hydrogen-bond donors (Lipinski definition) is 4. The number of carbonyl (C=O) groups excluding carboxylic acids is 1. The fourth-order valence-corrected chi connectivity index (χ4v) is 5.35. The van der Waals surface area contributed by atoms with E-state index in [1.807, 2.05) is 37.3 Å². The third kappa shape index (κ3) is 5.34. The molecule has 3 aromatic rings. The van der Waals surface area contributed by atoms with Crippen LogP contribution < -0.4 is 14.9 Å². The minimum atomic E-state index is -4.08. The number of carbonyl (C=O) groups is 2. The van der Waals surface area contributed by atoms with Crippen molar-refractivity contribution in [2.75, 3.05) is 13.1 Å². The van der Waals surface area contributed by atoms with Crippen molar-refractivity contribution in [2.24, 2.45) is 5.92 Å². The van der Waals surface area contributed by atoms with E-state index in [2.05, 4.69) is 9.71 Å². The second-order valence-electron chi connectivity index (χ2n) is 8.20. The number of likely N-dealkylation sites (tertiary alicyclic amines) is 1. The standard InChI is InChI=1S/C23H24N4O7S/c1-14-10-15(18-4-2-3-5-20(18)24-14)13-34-16-6-8-17(9-7-16)35(32,33)26-21-12-27(23(29)30)11-19(21)22(28)25-31/h2-10,19,21,26,31H,11-13H2,1H3,(H,25,28)(H,29,30). The first-order valence-electron chi connectivity index (χ1n) is 10.7. The number of hydroxylamine groups is 1. The van der Waals surface area contributed by atoms with Crippen molar-refractivity contribution in [3.8, 4) is 5.75 Å².